The third-order valence-corrected chi connectivity index (χ3v) is 6.00. The van der Waals surface area contributed by atoms with Crippen LogP contribution in [0.4, 0.5) is 11.8 Å². The Morgan fingerprint density at radius 1 is 1.28 bits per heavy atom. The fourth-order valence-corrected chi connectivity index (χ4v) is 4.32. The molecule has 2 aromatic rings. The van der Waals surface area contributed by atoms with Gasteiger partial charge in [0.25, 0.3) is 5.56 Å². The van der Waals surface area contributed by atoms with E-state index in [0.29, 0.717) is 49.8 Å². The van der Waals surface area contributed by atoms with Crippen molar-refractivity contribution in [1.82, 2.24) is 9.97 Å². The predicted molar refractivity (Wildman–Crippen MR) is 116 cm³/mol. The standard InChI is InChI=1S/C22H24N6O4/c1-2-32-14-5-3-12(4-6-14)16-15(11-23)20(30)25-19-17(16)21(31)27-22(26-19)28-9-7-13(8-10-28)18(24)29/h3-6,13,15-16H,2,7-10H2,1H3,(H2,24,29)(H2,25,26,27,30,31). The minimum atomic E-state index is -1.07. The highest BCUT2D eigenvalue weighted by Gasteiger charge is 2.40. The van der Waals surface area contributed by atoms with Gasteiger partial charge in [0, 0.05) is 24.9 Å². The molecule has 0 aliphatic carbocycles. The maximum absolute atomic E-state index is 13.1. The second-order valence-electron chi connectivity index (χ2n) is 7.89. The minimum absolute atomic E-state index is 0.149. The van der Waals surface area contributed by atoms with Gasteiger partial charge in [0.05, 0.1) is 18.2 Å². The smallest absolute Gasteiger partial charge is 0.258 e. The molecule has 166 valence electrons. The molecule has 2 atom stereocenters. The fourth-order valence-electron chi connectivity index (χ4n) is 4.32. The van der Waals surface area contributed by atoms with Crippen LogP contribution in [0.5, 0.6) is 5.75 Å². The molecule has 0 radical (unpaired) electrons. The Hall–Kier alpha value is -3.87. The van der Waals surface area contributed by atoms with Crippen LogP contribution < -0.4 is 26.2 Å². The first-order valence-electron chi connectivity index (χ1n) is 10.5. The van der Waals surface area contributed by atoms with E-state index >= 15 is 0 Å². The molecule has 1 saturated heterocycles. The summed E-state index contributed by atoms with van der Waals surface area (Å²) in [7, 11) is 0. The molecule has 2 amide bonds. The Kier molecular flexibility index (Phi) is 5.81. The van der Waals surface area contributed by atoms with Crippen molar-refractivity contribution in [2.75, 3.05) is 29.9 Å². The quantitative estimate of drug-likeness (QED) is 0.634. The summed E-state index contributed by atoms with van der Waals surface area (Å²) in [5.74, 6) is -1.73. The number of H-pyrrole nitrogens is 1. The number of fused-ring (bicyclic) bond motifs is 1. The number of primary amides is 1. The minimum Gasteiger partial charge on any atom is -0.494 e. The van der Waals surface area contributed by atoms with Crippen LogP contribution in [0.3, 0.4) is 0 Å². The van der Waals surface area contributed by atoms with Gasteiger partial charge in [-0.2, -0.15) is 10.2 Å². The van der Waals surface area contributed by atoms with Gasteiger partial charge >= 0.3 is 0 Å². The summed E-state index contributed by atoms with van der Waals surface area (Å²) in [5, 5.41) is 12.3. The zero-order valence-corrected chi connectivity index (χ0v) is 17.6. The predicted octanol–water partition coefficient (Wildman–Crippen LogP) is 1.09. The molecule has 2 aliphatic heterocycles. The van der Waals surface area contributed by atoms with Crippen LogP contribution in [0.2, 0.25) is 0 Å². The van der Waals surface area contributed by atoms with Crippen LogP contribution in [0.15, 0.2) is 29.1 Å². The van der Waals surface area contributed by atoms with E-state index in [0.717, 1.165) is 0 Å². The van der Waals surface area contributed by atoms with E-state index in [1.54, 1.807) is 24.3 Å². The fraction of sp³-hybridized carbons (Fsp3) is 0.409. The molecule has 10 nitrogen and oxygen atoms in total. The number of piperidine rings is 1. The second kappa shape index (κ2) is 8.70. The monoisotopic (exact) mass is 436 g/mol. The maximum Gasteiger partial charge on any atom is 0.258 e. The summed E-state index contributed by atoms with van der Waals surface area (Å²) in [5.41, 5.74) is 5.87. The van der Waals surface area contributed by atoms with Crippen molar-refractivity contribution in [3.8, 4) is 11.8 Å². The van der Waals surface area contributed by atoms with Gasteiger partial charge in [0.15, 0.2) is 0 Å². The van der Waals surface area contributed by atoms with E-state index in [4.69, 9.17) is 10.5 Å². The molecule has 32 heavy (non-hydrogen) atoms. The van der Waals surface area contributed by atoms with Crippen molar-refractivity contribution in [1.29, 1.82) is 5.26 Å². The Morgan fingerprint density at radius 2 is 1.97 bits per heavy atom. The van der Waals surface area contributed by atoms with Gasteiger partial charge in [0.2, 0.25) is 17.8 Å². The highest BCUT2D eigenvalue weighted by molar-refractivity contribution is 5.98. The lowest BCUT2D eigenvalue weighted by molar-refractivity contribution is -0.122. The van der Waals surface area contributed by atoms with Crippen molar-refractivity contribution in [2.24, 2.45) is 17.6 Å². The molecule has 10 heteroatoms. The number of rotatable bonds is 5. The summed E-state index contributed by atoms with van der Waals surface area (Å²) in [6, 6.07) is 9.03. The SMILES string of the molecule is CCOc1ccc(C2c3c(nc(N4CCC(C(N)=O)CC4)[nH]c3=O)NC(=O)C2C#N)cc1. The van der Waals surface area contributed by atoms with E-state index in [1.807, 2.05) is 17.9 Å². The summed E-state index contributed by atoms with van der Waals surface area (Å²) < 4.78 is 5.46. The molecule has 1 aromatic heterocycles. The average molecular weight is 436 g/mol. The first-order valence-corrected chi connectivity index (χ1v) is 10.5. The molecular weight excluding hydrogens is 412 g/mol. The van der Waals surface area contributed by atoms with Gasteiger partial charge in [-0.05, 0) is 37.5 Å². The Labute approximate surface area is 184 Å². The van der Waals surface area contributed by atoms with Crippen LogP contribution in [-0.4, -0.2) is 41.5 Å². The number of aromatic nitrogens is 2. The molecule has 4 N–H and O–H groups in total. The zero-order valence-electron chi connectivity index (χ0n) is 17.6. The molecule has 2 aliphatic rings. The van der Waals surface area contributed by atoms with Crippen LogP contribution in [0.25, 0.3) is 0 Å². The maximum atomic E-state index is 13.1. The normalized spacial score (nSPS) is 20.8. The highest BCUT2D eigenvalue weighted by atomic mass is 16.5. The second-order valence-corrected chi connectivity index (χ2v) is 7.89. The molecule has 4 rings (SSSR count). The summed E-state index contributed by atoms with van der Waals surface area (Å²) >= 11 is 0. The third-order valence-electron chi connectivity index (χ3n) is 6.00. The van der Waals surface area contributed by atoms with Crippen molar-refractivity contribution >= 4 is 23.6 Å². The van der Waals surface area contributed by atoms with Gasteiger partial charge in [-0.15, -0.1) is 0 Å². The van der Waals surface area contributed by atoms with E-state index in [1.165, 1.54) is 0 Å². The molecule has 2 unspecified atom stereocenters. The highest BCUT2D eigenvalue weighted by Crippen LogP contribution is 2.38. The van der Waals surface area contributed by atoms with Crippen LogP contribution in [-0.2, 0) is 9.59 Å². The number of benzene rings is 1. The number of carbonyl (C=O) groups is 2. The number of nitrogens with one attached hydrogen (secondary N) is 2. The first kappa shape index (κ1) is 21.4. The molecular formula is C22H24N6O4. The first-order chi connectivity index (χ1) is 15.4. The van der Waals surface area contributed by atoms with Gasteiger partial charge in [-0.3, -0.25) is 19.4 Å². The number of anilines is 2. The largest absolute Gasteiger partial charge is 0.494 e. The van der Waals surface area contributed by atoms with Gasteiger partial charge < -0.3 is 20.7 Å². The third kappa shape index (κ3) is 3.89. The van der Waals surface area contributed by atoms with E-state index < -0.39 is 23.3 Å². The molecule has 3 heterocycles. The Balaban J connectivity index is 1.70. The topological polar surface area (TPSA) is 154 Å². The van der Waals surface area contributed by atoms with Crippen LogP contribution >= 0.6 is 0 Å². The van der Waals surface area contributed by atoms with Crippen molar-refractivity contribution in [3.05, 3.63) is 45.7 Å². The number of nitrogens with two attached hydrogens (primary N) is 1. The van der Waals surface area contributed by atoms with Crippen LogP contribution in [0.1, 0.15) is 36.8 Å². The van der Waals surface area contributed by atoms with Crippen molar-refractivity contribution in [3.63, 3.8) is 0 Å². The number of nitrogens with zero attached hydrogens (tertiary/aromatic N) is 3. The van der Waals surface area contributed by atoms with E-state index in [9.17, 15) is 19.6 Å². The lowest BCUT2D eigenvalue weighted by atomic mass is 9.79. The number of hydrogen-bond donors (Lipinski definition) is 3. The number of nitriles is 1. The molecule has 0 bridgehead atoms. The van der Waals surface area contributed by atoms with Gasteiger partial charge in [0.1, 0.15) is 17.5 Å². The lowest BCUT2D eigenvalue weighted by Gasteiger charge is -2.33. The van der Waals surface area contributed by atoms with Crippen LogP contribution in [0, 0.1) is 23.2 Å². The average Bonchev–Trinajstić information content (AvgIpc) is 2.79. The molecule has 1 aromatic carbocycles. The number of ether oxygens (including phenoxy) is 1. The number of carbonyl (C=O) groups excluding carboxylic acids is 2. The Bertz CT molecular complexity index is 1130. The van der Waals surface area contributed by atoms with E-state index in [2.05, 4.69) is 15.3 Å². The number of amides is 2. The zero-order chi connectivity index (χ0) is 22.8. The number of aromatic amines is 1. The van der Waals surface area contributed by atoms with Crippen molar-refractivity contribution in [2.45, 2.75) is 25.7 Å². The van der Waals surface area contributed by atoms with Gasteiger partial charge in [-0.25, -0.2) is 0 Å². The number of hydrogen-bond acceptors (Lipinski definition) is 7. The molecule has 0 saturated carbocycles. The van der Waals surface area contributed by atoms with Gasteiger partial charge in [-0.1, -0.05) is 12.1 Å². The summed E-state index contributed by atoms with van der Waals surface area (Å²) in [6.45, 7) is 3.40. The summed E-state index contributed by atoms with van der Waals surface area (Å²) in [6.07, 6.45) is 1.13. The Morgan fingerprint density at radius 3 is 2.56 bits per heavy atom. The lowest BCUT2D eigenvalue weighted by Crippen LogP contribution is -2.42. The molecule has 0 spiro atoms. The molecule has 1 fully saturated rings. The summed E-state index contributed by atoms with van der Waals surface area (Å²) in [4.78, 5) is 46.4. The van der Waals surface area contributed by atoms with E-state index in [-0.39, 0.29) is 23.2 Å². The van der Waals surface area contributed by atoms with Crippen molar-refractivity contribution < 1.29 is 14.3 Å².